The Morgan fingerprint density at radius 2 is 1.83 bits per heavy atom. The maximum absolute atomic E-state index is 15.9. The lowest BCUT2D eigenvalue weighted by Crippen LogP contribution is -2.48. The molecular formula is C35H39FN6O6. The second-order valence-electron chi connectivity index (χ2n) is 14.0. The van der Waals surface area contributed by atoms with Gasteiger partial charge >= 0.3 is 12.1 Å². The second kappa shape index (κ2) is 11.4. The zero-order valence-corrected chi connectivity index (χ0v) is 26.9. The minimum atomic E-state index is -0.910. The smallest absolute Gasteiger partial charge is 0.407 e. The molecule has 1 amide bonds. The number of phenols is 1. The van der Waals surface area contributed by atoms with Gasteiger partial charge in [-0.1, -0.05) is 0 Å². The summed E-state index contributed by atoms with van der Waals surface area (Å²) in [7, 11) is 0. The Bertz CT molecular complexity index is 1930. The fraction of sp³-hybridized carbons (Fsp3) is 0.543. The molecular weight excluding hydrogens is 619 g/mol. The van der Waals surface area contributed by atoms with E-state index in [1.54, 1.807) is 17.8 Å². The van der Waals surface area contributed by atoms with Gasteiger partial charge in [0.1, 0.15) is 29.0 Å². The molecule has 5 aliphatic rings. The molecule has 13 heteroatoms. The number of halogens is 1. The monoisotopic (exact) mass is 658 g/mol. The molecule has 1 saturated carbocycles. The van der Waals surface area contributed by atoms with Crippen molar-refractivity contribution in [3.8, 4) is 22.9 Å². The first-order chi connectivity index (χ1) is 23.4. The molecule has 252 valence electrons. The lowest BCUT2D eigenvalue weighted by Gasteiger charge is -2.34. The van der Waals surface area contributed by atoms with E-state index in [2.05, 4.69) is 11.0 Å². The van der Waals surface area contributed by atoms with Crippen LogP contribution in [0.25, 0.3) is 32.9 Å². The van der Waals surface area contributed by atoms with E-state index in [9.17, 15) is 15.0 Å². The highest BCUT2D eigenvalue weighted by molar-refractivity contribution is 6.06. The third-order valence-corrected chi connectivity index (χ3v) is 10.9. The maximum atomic E-state index is 15.9. The Labute approximate surface area is 276 Å². The molecule has 9 rings (SSSR count). The summed E-state index contributed by atoms with van der Waals surface area (Å²) in [6, 6.07) is 3.56. The number of amides is 1. The number of fused-ring (bicyclic) bond motifs is 4. The molecule has 4 aliphatic heterocycles. The van der Waals surface area contributed by atoms with E-state index >= 15 is 4.39 Å². The number of carboxylic acid groups (broad SMARTS) is 1. The quantitative estimate of drug-likeness (QED) is 0.259. The van der Waals surface area contributed by atoms with Crippen LogP contribution in [-0.2, 0) is 9.47 Å². The number of aromatic nitrogens is 4. The number of carbonyl (C=O) groups is 1. The molecule has 3 atom stereocenters. The van der Waals surface area contributed by atoms with Crippen LogP contribution in [0.2, 0.25) is 0 Å². The zero-order chi connectivity index (χ0) is 32.7. The molecule has 1 aliphatic carbocycles. The van der Waals surface area contributed by atoms with E-state index in [-0.39, 0.29) is 47.9 Å². The van der Waals surface area contributed by atoms with E-state index < -0.39 is 6.09 Å². The Morgan fingerprint density at radius 3 is 2.54 bits per heavy atom. The zero-order valence-electron chi connectivity index (χ0n) is 26.9. The molecule has 2 aromatic carbocycles. The molecule has 2 N–H and O–H groups in total. The molecule has 12 nitrogen and oxygen atoms in total. The lowest BCUT2D eigenvalue weighted by atomic mass is 9.88. The number of likely N-dealkylation sites (tertiary alicyclic amines) is 1. The number of benzene rings is 2. The number of anilines is 1. The standard InChI is InChI=1S/C35H39FN6O6/c1-18-26(36)14-27-25(15-37-42(27)28-4-2-3-9-47-28)29(18)30-23(19-5-6-19)13-24-31(32(30)43)38-34(48-22-7-10-46-11-8-22)39-33(24)40-16-21-12-20(40)17-41(21)35(44)45/h13-15,19-22,28,43H,2-12,16-17H2,1H3,(H,44,45). The van der Waals surface area contributed by atoms with E-state index in [1.807, 2.05) is 0 Å². The summed E-state index contributed by atoms with van der Waals surface area (Å²) in [4.78, 5) is 25.3. The molecule has 0 spiro atoms. The van der Waals surface area contributed by atoms with Crippen LogP contribution >= 0.6 is 0 Å². The van der Waals surface area contributed by atoms with Crippen LogP contribution in [0.15, 0.2) is 18.3 Å². The summed E-state index contributed by atoms with van der Waals surface area (Å²) in [6.45, 7) is 4.43. The Kier molecular flexibility index (Phi) is 7.12. The van der Waals surface area contributed by atoms with Crippen molar-refractivity contribution in [1.29, 1.82) is 0 Å². The van der Waals surface area contributed by atoms with Gasteiger partial charge in [-0.2, -0.15) is 15.1 Å². The molecule has 2 bridgehead atoms. The topological polar surface area (TPSA) is 135 Å². The Morgan fingerprint density at radius 1 is 1.00 bits per heavy atom. The second-order valence-corrected chi connectivity index (χ2v) is 14.0. The fourth-order valence-corrected chi connectivity index (χ4v) is 8.31. The summed E-state index contributed by atoms with van der Waals surface area (Å²) in [5, 5.41) is 28.3. The van der Waals surface area contributed by atoms with Crippen molar-refractivity contribution in [2.45, 2.75) is 88.6 Å². The van der Waals surface area contributed by atoms with Crippen molar-refractivity contribution < 1.29 is 33.6 Å². The molecule has 5 fully saturated rings. The van der Waals surface area contributed by atoms with Gasteiger partial charge in [-0.3, -0.25) is 0 Å². The number of ether oxygens (including phenoxy) is 3. The molecule has 0 radical (unpaired) electrons. The molecule has 4 saturated heterocycles. The SMILES string of the molecule is Cc1c(F)cc2c(cnn2C2CCCCO2)c1-c1c(C2CC2)cc2c(N3CC4CC3CN4C(=O)O)nc(OC3CCOCC3)nc2c1O. The van der Waals surface area contributed by atoms with E-state index in [0.717, 1.165) is 43.1 Å². The van der Waals surface area contributed by atoms with Gasteiger partial charge in [0.25, 0.3) is 0 Å². The van der Waals surface area contributed by atoms with Gasteiger partial charge in [-0.25, -0.2) is 13.9 Å². The summed E-state index contributed by atoms with van der Waals surface area (Å²) in [6.07, 6.45) is 7.26. The molecule has 48 heavy (non-hydrogen) atoms. The molecule has 2 aromatic heterocycles. The van der Waals surface area contributed by atoms with Gasteiger partial charge < -0.3 is 34.2 Å². The highest BCUT2D eigenvalue weighted by atomic mass is 19.1. The predicted molar refractivity (Wildman–Crippen MR) is 174 cm³/mol. The fourth-order valence-electron chi connectivity index (χ4n) is 8.31. The average molecular weight is 659 g/mol. The third-order valence-electron chi connectivity index (χ3n) is 10.9. The first-order valence-electron chi connectivity index (χ1n) is 17.2. The van der Waals surface area contributed by atoms with Crippen molar-refractivity contribution in [2.24, 2.45) is 0 Å². The summed E-state index contributed by atoms with van der Waals surface area (Å²) in [5.41, 5.74) is 3.50. The van der Waals surface area contributed by atoms with Gasteiger partial charge in [0, 0.05) is 60.5 Å². The minimum absolute atomic E-state index is 0.0388. The summed E-state index contributed by atoms with van der Waals surface area (Å²) < 4.78 is 35.6. The highest BCUT2D eigenvalue weighted by Gasteiger charge is 2.47. The number of piperazine rings is 1. The molecule has 6 heterocycles. The van der Waals surface area contributed by atoms with E-state index in [4.69, 9.17) is 29.3 Å². The van der Waals surface area contributed by atoms with Crippen LogP contribution in [-0.4, -0.2) is 92.1 Å². The van der Waals surface area contributed by atoms with E-state index in [1.165, 1.54) is 11.0 Å². The number of phenolic OH excluding ortho intramolecular Hbond substituents is 1. The van der Waals surface area contributed by atoms with Crippen LogP contribution < -0.4 is 9.64 Å². The van der Waals surface area contributed by atoms with Crippen molar-refractivity contribution in [3.63, 3.8) is 0 Å². The van der Waals surface area contributed by atoms with Crippen molar-refractivity contribution in [2.75, 3.05) is 37.8 Å². The molecule has 3 unspecified atom stereocenters. The van der Waals surface area contributed by atoms with Crippen LogP contribution in [0.3, 0.4) is 0 Å². The molecule has 4 aromatic rings. The third kappa shape index (κ3) is 4.84. The van der Waals surface area contributed by atoms with Gasteiger partial charge in [0.15, 0.2) is 6.23 Å². The number of nitrogens with zero attached hydrogens (tertiary/aromatic N) is 6. The van der Waals surface area contributed by atoms with Crippen LogP contribution in [0, 0.1) is 12.7 Å². The number of aromatic hydroxyl groups is 1. The van der Waals surface area contributed by atoms with Crippen molar-refractivity contribution >= 4 is 33.7 Å². The Hall–Kier alpha value is -4.23. The number of hydrogen-bond donors (Lipinski definition) is 2. The Balaban J connectivity index is 1.24. The van der Waals surface area contributed by atoms with Gasteiger partial charge in [0.05, 0.1) is 37.0 Å². The summed E-state index contributed by atoms with van der Waals surface area (Å²) >= 11 is 0. The van der Waals surface area contributed by atoms with Gasteiger partial charge in [-0.05, 0) is 68.6 Å². The van der Waals surface area contributed by atoms with Crippen LogP contribution in [0.4, 0.5) is 15.0 Å². The largest absolute Gasteiger partial charge is 0.505 e. The normalized spacial score (nSPS) is 24.7. The van der Waals surface area contributed by atoms with Crippen molar-refractivity contribution in [3.05, 3.63) is 35.3 Å². The van der Waals surface area contributed by atoms with Crippen LogP contribution in [0.1, 0.15) is 74.6 Å². The maximum Gasteiger partial charge on any atom is 0.407 e. The van der Waals surface area contributed by atoms with Crippen molar-refractivity contribution in [1.82, 2.24) is 24.6 Å². The van der Waals surface area contributed by atoms with Gasteiger partial charge in [-0.15, -0.1) is 0 Å². The first-order valence-corrected chi connectivity index (χ1v) is 17.2. The minimum Gasteiger partial charge on any atom is -0.505 e. The van der Waals surface area contributed by atoms with Gasteiger partial charge in [0.2, 0.25) is 0 Å². The van der Waals surface area contributed by atoms with E-state index in [0.29, 0.717) is 91.1 Å². The summed E-state index contributed by atoms with van der Waals surface area (Å²) in [5.74, 6) is 0.405. The van der Waals surface area contributed by atoms with Crippen LogP contribution in [0.5, 0.6) is 11.8 Å². The lowest BCUT2D eigenvalue weighted by molar-refractivity contribution is -0.0366. The average Bonchev–Trinajstić information content (AvgIpc) is 3.53. The first kappa shape index (κ1) is 29.9. The number of rotatable bonds is 6. The predicted octanol–water partition coefficient (Wildman–Crippen LogP) is 5.87. The highest BCUT2D eigenvalue weighted by Crippen LogP contribution is 2.53. The number of hydrogen-bond acceptors (Lipinski definition) is 9.